The van der Waals surface area contributed by atoms with Crippen LogP contribution in [-0.4, -0.2) is 24.1 Å². The molecule has 3 rings (SSSR count). The van der Waals surface area contributed by atoms with Gasteiger partial charge in [0.25, 0.3) is 5.91 Å². The maximum absolute atomic E-state index is 12.4. The van der Waals surface area contributed by atoms with Gasteiger partial charge in [-0.2, -0.15) is 0 Å². The van der Waals surface area contributed by atoms with E-state index in [-0.39, 0.29) is 11.7 Å². The molecule has 0 aromatic heterocycles. The molecule has 0 spiro atoms. The fourth-order valence-electron chi connectivity index (χ4n) is 3.12. The van der Waals surface area contributed by atoms with Gasteiger partial charge in [0.1, 0.15) is 5.75 Å². The summed E-state index contributed by atoms with van der Waals surface area (Å²) in [6, 6.07) is 15.0. The van der Waals surface area contributed by atoms with Crippen molar-refractivity contribution in [2.24, 2.45) is 0 Å². The molecule has 0 heterocycles. The Balaban J connectivity index is 1.48. The van der Waals surface area contributed by atoms with Crippen LogP contribution in [0.2, 0.25) is 0 Å². The Morgan fingerprint density at radius 3 is 2.41 bits per heavy atom. The van der Waals surface area contributed by atoms with Crippen molar-refractivity contribution in [3.8, 4) is 5.75 Å². The number of para-hydroxylation sites is 1. The van der Waals surface area contributed by atoms with E-state index in [2.05, 4.69) is 23.3 Å². The summed E-state index contributed by atoms with van der Waals surface area (Å²) >= 11 is 0. The van der Waals surface area contributed by atoms with E-state index in [4.69, 9.17) is 0 Å². The normalized spacial score (nSPS) is 13.9. The van der Waals surface area contributed by atoms with E-state index in [9.17, 15) is 9.90 Å². The molecule has 0 atom stereocenters. The summed E-state index contributed by atoms with van der Waals surface area (Å²) in [6.45, 7) is 7.10. The lowest BCUT2D eigenvalue weighted by atomic mass is 10.0. The predicted molar refractivity (Wildman–Crippen MR) is 110 cm³/mol. The van der Waals surface area contributed by atoms with E-state index in [0.29, 0.717) is 24.6 Å². The maximum Gasteiger partial charge on any atom is 0.251 e. The lowest BCUT2D eigenvalue weighted by molar-refractivity contribution is 0.0953. The highest BCUT2D eigenvalue weighted by atomic mass is 16.3. The summed E-state index contributed by atoms with van der Waals surface area (Å²) in [6.07, 6.45) is 4.24. The highest BCUT2D eigenvalue weighted by Gasteiger charge is 2.27. The number of aromatic hydroxyl groups is 1. The lowest BCUT2D eigenvalue weighted by Gasteiger charge is -2.11. The van der Waals surface area contributed by atoms with Gasteiger partial charge in [-0.1, -0.05) is 43.0 Å². The minimum Gasteiger partial charge on any atom is -0.507 e. The Kier molecular flexibility index (Phi) is 5.97. The molecule has 4 heteroatoms. The number of rotatable bonds is 8. The number of nitrogens with one attached hydrogen (secondary N) is 2. The molecule has 1 fully saturated rings. The van der Waals surface area contributed by atoms with Crippen molar-refractivity contribution >= 4 is 11.5 Å². The van der Waals surface area contributed by atoms with E-state index in [1.807, 2.05) is 43.3 Å². The van der Waals surface area contributed by atoms with Crippen LogP contribution in [0.5, 0.6) is 5.75 Å². The molecule has 0 saturated heterocycles. The SMILES string of the molecule is C=C(/C=C(\C)NCCNC(=O)c1ccccc1C1CC1)c1ccccc1O. The maximum atomic E-state index is 12.4. The molecule has 4 nitrogen and oxygen atoms in total. The van der Waals surface area contributed by atoms with Crippen LogP contribution in [-0.2, 0) is 0 Å². The molecule has 0 radical (unpaired) electrons. The monoisotopic (exact) mass is 362 g/mol. The van der Waals surface area contributed by atoms with Crippen molar-refractivity contribution in [1.82, 2.24) is 10.6 Å². The molecule has 2 aromatic carbocycles. The molecular weight excluding hydrogens is 336 g/mol. The van der Waals surface area contributed by atoms with Gasteiger partial charge in [-0.05, 0) is 55.0 Å². The fraction of sp³-hybridized carbons (Fsp3) is 0.261. The number of phenols is 1. The number of phenolic OH excluding ortho intramolecular Hbond substituents is 1. The van der Waals surface area contributed by atoms with E-state index in [1.165, 1.54) is 12.8 Å². The van der Waals surface area contributed by atoms with E-state index >= 15 is 0 Å². The molecular formula is C23H26N2O2. The van der Waals surface area contributed by atoms with Crippen LogP contribution in [0.25, 0.3) is 5.57 Å². The third-order valence-electron chi connectivity index (χ3n) is 4.68. The molecule has 1 saturated carbocycles. The first kappa shape index (κ1) is 18.8. The number of carbonyl (C=O) groups is 1. The minimum absolute atomic E-state index is 0.0143. The molecule has 140 valence electrons. The summed E-state index contributed by atoms with van der Waals surface area (Å²) in [5.74, 6) is 0.753. The number of allylic oxidation sites excluding steroid dienone is 3. The zero-order chi connectivity index (χ0) is 19.2. The van der Waals surface area contributed by atoms with Crippen LogP contribution in [0.15, 0.2) is 66.9 Å². The second-order valence-electron chi connectivity index (χ2n) is 6.91. The van der Waals surface area contributed by atoms with Crippen LogP contribution in [0.1, 0.15) is 47.2 Å². The predicted octanol–water partition coefficient (Wildman–Crippen LogP) is 4.21. The number of carbonyl (C=O) groups excluding carboxylic acids is 1. The first-order valence-electron chi connectivity index (χ1n) is 9.33. The topological polar surface area (TPSA) is 61.4 Å². The highest BCUT2D eigenvalue weighted by Crippen LogP contribution is 2.41. The smallest absolute Gasteiger partial charge is 0.251 e. The average molecular weight is 362 g/mol. The van der Waals surface area contributed by atoms with Crippen molar-refractivity contribution < 1.29 is 9.90 Å². The second-order valence-corrected chi connectivity index (χ2v) is 6.91. The number of amides is 1. The third-order valence-corrected chi connectivity index (χ3v) is 4.68. The number of hydrogen-bond donors (Lipinski definition) is 3. The molecule has 2 aromatic rings. The van der Waals surface area contributed by atoms with Gasteiger partial charge in [0.2, 0.25) is 0 Å². The molecule has 0 unspecified atom stereocenters. The fourth-order valence-corrected chi connectivity index (χ4v) is 3.12. The van der Waals surface area contributed by atoms with Gasteiger partial charge in [0.15, 0.2) is 0 Å². The van der Waals surface area contributed by atoms with Crippen molar-refractivity contribution in [1.29, 1.82) is 0 Å². The third kappa shape index (κ3) is 5.00. The summed E-state index contributed by atoms with van der Waals surface area (Å²) in [5.41, 5.74) is 4.33. The van der Waals surface area contributed by atoms with Gasteiger partial charge < -0.3 is 15.7 Å². The standard InChI is InChI=1S/C23H26N2O2/c1-16(19-7-5-6-10-22(19)26)15-17(2)24-13-14-25-23(27)21-9-4-3-8-20(21)18-11-12-18/h3-10,15,18,24,26H,1,11-14H2,2H3,(H,25,27)/b17-15+. The van der Waals surface area contributed by atoms with Crippen LogP contribution in [0.4, 0.5) is 0 Å². The molecule has 0 bridgehead atoms. The van der Waals surface area contributed by atoms with Crippen molar-refractivity contribution in [2.75, 3.05) is 13.1 Å². The first-order valence-corrected chi connectivity index (χ1v) is 9.33. The van der Waals surface area contributed by atoms with Crippen LogP contribution in [0.3, 0.4) is 0 Å². The zero-order valence-corrected chi connectivity index (χ0v) is 15.7. The Morgan fingerprint density at radius 1 is 1.07 bits per heavy atom. The average Bonchev–Trinajstić information content (AvgIpc) is 3.50. The molecule has 1 amide bonds. The van der Waals surface area contributed by atoms with Gasteiger partial charge in [-0.25, -0.2) is 0 Å². The molecule has 0 aliphatic heterocycles. The lowest BCUT2D eigenvalue weighted by Crippen LogP contribution is -2.31. The quantitative estimate of drug-likeness (QED) is 0.487. The minimum atomic E-state index is -0.0143. The largest absolute Gasteiger partial charge is 0.507 e. The first-order chi connectivity index (χ1) is 13.1. The number of hydrogen-bond acceptors (Lipinski definition) is 3. The Labute approximate surface area is 160 Å². The van der Waals surface area contributed by atoms with Gasteiger partial charge in [-0.15, -0.1) is 0 Å². The van der Waals surface area contributed by atoms with Gasteiger partial charge in [0.05, 0.1) is 0 Å². The van der Waals surface area contributed by atoms with Crippen molar-refractivity contribution in [3.63, 3.8) is 0 Å². The van der Waals surface area contributed by atoms with Gasteiger partial charge in [-0.3, -0.25) is 4.79 Å². The molecule has 27 heavy (non-hydrogen) atoms. The summed E-state index contributed by atoms with van der Waals surface area (Å²) < 4.78 is 0. The molecule has 1 aliphatic carbocycles. The second kappa shape index (κ2) is 8.58. The Bertz CT molecular complexity index is 866. The highest BCUT2D eigenvalue weighted by molar-refractivity contribution is 5.96. The van der Waals surface area contributed by atoms with Gasteiger partial charge >= 0.3 is 0 Å². The number of benzene rings is 2. The molecule has 1 aliphatic rings. The summed E-state index contributed by atoms with van der Waals surface area (Å²) in [5, 5.41) is 16.1. The van der Waals surface area contributed by atoms with Crippen LogP contribution in [0, 0.1) is 0 Å². The van der Waals surface area contributed by atoms with E-state index in [1.54, 1.807) is 12.1 Å². The summed E-state index contributed by atoms with van der Waals surface area (Å²) in [7, 11) is 0. The van der Waals surface area contributed by atoms with E-state index < -0.39 is 0 Å². The van der Waals surface area contributed by atoms with Gasteiger partial charge in [0, 0.05) is 29.9 Å². The van der Waals surface area contributed by atoms with Crippen LogP contribution < -0.4 is 10.6 Å². The Morgan fingerprint density at radius 2 is 1.70 bits per heavy atom. The molecule has 3 N–H and O–H groups in total. The van der Waals surface area contributed by atoms with Crippen molar-refractivity contribution in [2.45, 2.75) is 25.7 Å². The van der Waals surface area contributed by atoms with Crippen molar-refractivity contribution in [3.05, 3.63) is 83.6 Å². The van der Waals surface area contributed by atoms with Crippen LogP contribution >= 0.6 is 0 Å². The van der Waals surface area contributed by atoms with E-state index in [0.717, 1.165) is 22.4 Å². The zero-order valence-electron chi connectivity index (χ0n) is 15.7. The summed E-state index contributed by atoms with van der Waals surface area (Å²) in [4.78, 5) is 12.4. The Hall–Kier alpha value is -3.01.